The molecule has 9 heteroatoms. The molecule has 2 heterocycles. The molecule has 0 radical (unpaired) electrons. The fraction of sp³-hybridized carbons (Fsp3) is 0.133. The highest BCUT2D eigenvalue weighted by atomic mass is 32.1. The standard InChI is InChI=1S/C15H13N5O3S/c1-8-2-4-9(5-3-8)18-10(21)6-20-7-17-11-12(14(16)22)19-24-13(11)15(20)23/h2-5,7H,6H2,1H3,(H2,16,22)(H,18,21). The molecule has 8 nitrogen and oxygen atoms in total. The van der Waals surface area contributed by atoms with Gasteiger partial charge >= 0.3 is 0 Å². The van der Waals surface area contributed by atoms with Crippen molar-refractivity contribution in [2.45, 2.75) is 13.5 Å². The van der Waals surface area contributed by atoms with Crippen molar-refractivity contribution in [3.05, 3.63) is 52.2 Å². The van der Waals surface area contributed by atoms with E-state index in [9.17, 15) is 14.4 Å². The Bertz CT molecular complexity index is 991. The molecule has 3 N–H and O–H groups in total. The van der Waals surface area contributed by atoms with E-state index < -0.39 is 11.5 Å². The van der Waals surface area contributed by atoms with E-state index in [1.54, 1.807) is 12.1 Å². The van der Waals surface area contributed by atoms with Gasteiger partial charge in [0.25, 0.3) is 11.5 Å². The number of carbonyl (C=O) groups excluding carboxylic acids is 2. The molecule has 3 rings (SSSR count). The number of aromatic nitrogens is 3. The van der Waals surface area contributed by atoms with E-state index in [0.717, 1.165) is 21.7 Å². The quantitative estimate of drug-likeness (QED) is 0.729. The Kier molecular flexibility index (Phi) is 4.09. The monoisotopic (exact) mass is 343 g/mol. The van der Waals surface area contributed by atoms with Crippen molar-refractivity contribution in [3.8, 4) is 0 Å². The Labute approximate surface area is 140 Å². The number of nitrogens with zero attached hydrogens (tertiary/aromatic N) is 3. The number of amides is 2. The smallest absolute Gasteiger partial charge is 0.273 e. The van der Waals surface area contributed by atoms with Gasteiger partial charge in [-0.05, 0) is 30.6 Å². The Balaban J connectivity index is 1.83. The third-order valence-electron chi connectivity index (χ3n) is 3.33. The molecule has 0 saturated carbocycles. The van der Waals surface area contributed by atoms with Gasteiger partial charge in [0.05, 0.1) is 6.33 Å². The van der Waals surface area contributed by atoms with Gasteiger partial charge in [0, 0.05) is 5.69 Å². The van der Waals surface area contributed by atoms with Crippen LogP contribution in [0.25, 0.3) is 10.2 Å². The average Bonchev–Trinajstić information content (AvgIpc) is 2.97. The van der Waals surface area contributed by atoms with Crippen LogP contribution in [0.5, 0.6) is 0 Å². The number of benzene rings is 1. The number of hydrogen-bond acceptors (Lipinski definition) is 6. The van der Waals surface area contributed by atoms with Crippen molar-refractivity contribution < 1.29 is 9.59 Å². The minimum Gasteiger partial charge on any atom is -0.364 e. The maximum Gasteiger partial charge on any atom is 0.273 e. The number of anilines is 1. The molecule has 122 valence electrons. The van der Waals surface area contributed by atoms with Crippen molar-refractivity contribution in [1.29, 1.82) is 0 Å². The highest BCUT2D eigenvalue weighted by Crippen LogP contribution is 2.16. The lowest BCUT2D eigenvalue weighted by Gasteiger charge is -2.07. The number of aryl methyl sites for hydroxylation is 1. The highest BCUT2D eigenvalue weighted by Gasteiger charge is 2.17. The van der Waals surface area contributed by atoms with Gasteiger partial charge in [-0.15, -0.1) is 0 Å². The van der Waals surface area contributed by atoms with Crippen LogP contribution in [0.1, 0.15) is 16.1 Å². The highest BCUT2D eigenvalue weighted by molar-refractivity contribution is 7.13. The van der Waals surface area contributed by atoms with Crippen molar-refractivity contribution in [2.24, 2.45) is 5.73 Å². The summed E-state index contributed by atoms with van der Waals surface area (Å²) in [6, 6.07) is 7.30. The molecule has 0 saturated heterocycles. The normalized spacial score (nSPS) is 10.7. The zero-order valence-electron chi connectivity index (χ0n) is 12.6. The molecule has 3 aromatic rings. The Hall–Kier alpha value is -3.07. The van der Waals surface area contributed by atoms with Crippen molar-refractivity contribution in [1.82, 2.24) is 13.9 Å². The van der Waals surface area contributed by atoms with Gasteiger partial charge < -0.3 is 11.1 Å². The lowest BCUT2D eigenvalue weighted by molar-refractivity contribution is -0.116. The summed E-state index contributed by atoms with van der Waals surface area (Å²) in [6.07, 6.45) is 1.21. The Morgan fingerprint density at radius 3 is 2.67 bits per heavy atom. The lowest BCUT2D eigenvalue weighted by atomic mass is 10.2. The third kappa shape index (κ3) is 3.01. The zero-order chi connectivity index (χ0) is 17.3. The fourth-order valence-electron chi connectivity index (χ4n) is 2.12. The minimum atomic E-state index is -0.747. The molecule has 0 aliphatic rings. The second-order valence-corrected chi connectivity index (χ2v) is 5.94. The van der Waals surface area contributed by atoms with Crippen LogP contribution in [0.2, 0.25) is 0 Å². The first kappa shape index (κ1) is 15.8. The third-order valence-corrected chi connectivity index (χ3v) is 4.16. The minimum absolute atomic E-state index is 0.0386. The van der Waals surface area contributed by atoms with Gasteiger partial charge in [0.1, 0.15) is 16.8 Å². The zero-order valence-corrected chi connectivity index (χ0v) is 13.5. The molecule has 0 fully saturated rings. The first-order valence-electron chi connectivity index (χ1n) is 6.97. The largest absolute Gasteiger partial charge is 0.364 e. The fourth-order valence-corrected chi connectivity index (χ4v) is 2.91. The van der Waals surface area contributed by atoms with E-state index in [-0.39, 0.29) is 28.4 Å². The van der Waals surface area contributed by atoms with E-state index in [0.29, 0.717) is 5.69 Å². The van der Waals surface area contributed by atoms with Crippen LogP contribution in [0.4, 0.5) is 5.69 Å². The molecule has 0 unspecified atom stereocenters. The number of carbonyl (C=O) groups is 2. The van der Waals surface area contributed by atoms with Gasteiger partial charge in [0.15, 0.2) is 5.69 Å². The number of rotatable bonds is 4. The lowest BCUT2D eigenvalue weighted by Crippen LogP contribution is -2.27. The molecule has 0 aliphatic carbocycles. The SMILES string of the molecule is Cc1ccc(NC(=O)Cn2cnc3c(C(N)=O)nsc3c2=O)cc1. The predicted octanol–water partition coefficient (Wildman–Crippen LogP) is 0.899. The molecular weight excluding hydrogens is 330 g/mol. The molecule has 0 spiro atoms. The van der Waals surface area contributed by atoms with E-state index in [4.69, 9.17) is 5.73 Å². The van der Waals surface area contributed by atoms with Crippen LogP contribution in [0.15, 0.2) is 35.4 Å². The van der Waals surface area contributed by atoms with Gasteiger partial charge in [-0.25, -0.2) is 4.98 Å². The first-order valence-corrected chi connectivity index (χ1v) is 7.74. The maximum atomic E-state index is 12.4. The molecule has 0 bridgehead atoms. The van der Waals surface area contributed by atoms with Crippen LogP contribution < -0.4 is 16.6 Å². The summed E-state index contributed by atoms with van der Waals surface area (Å²) in [7, 11) is 0. The number of fused-ring (bicyclic) bond motifs is 1. The molecule has 2 aromatic heterocycles. The van der Waals surface area contributed by atoms with Crippen LogP contribution in [-0.2, 0) is 11.3 Å². The molecular formula is C15H13N5O3S. The second kappa shape index (κ2) is 6.20. The van der Waals surface area contributed by atoms with Gasteiger partial charge in [-0.1, -0.05) is 17.7 Å². The number of nitrogens with one attached hydrogen (secondary N) is 1. The van der Waals surface area contributed by atoms with E-state index in [1.807, 2.05) is 19.1 Å². The van der Waals surface area contributed by atoms with Crippen molar-refractivity contribution in [2.75, 3.05) is 5.32 Å². The summed E-state index contributed by atoms with van der Waals surface area (Å²) < 4.78 is 5.19. The number of nitrogens with two attached hydrogens (primary N) is 1. The van der Waals surface area contributed by atoms with Gasteiger partial charge in [-0.2, -0.15) is 4.37 Å². The number of primary amides is 1. The molecule has 0 atom stereocenters. The van der Waals surface area contributed by atoms with E-state index in [1.165, 1.54) is 6.33 Å². The molecule has 24 heavy (non-hydrogen) atoms. The van der Waals surface area contributed by atoms with Crippen molar-refractivity contribution >= 4 is 39.3 Å². The summed E-state index contributed by atoms with van der Waals surface area (Å²) in [5, 5.41) is 2.70. The van der Waals surface area contributed by atoms with Crippen LogP contribution in [0, 0.1) is 6.92 Å². The second-order valence-electron chi connectivity index (χ2n) is 5.16. The topological polar surface area (TPSA) is 120 Å². The summed E-state index contributed by atoms with van der Waals surface area (Å²) >= 11 is 0.837. The summed E-state index contributed by atoms with van der Waals surface area (Å²) in [4.78, 5) is 39.7. The summed E-state index contributed by atoms with van der Waals surface area (Å²) in [6.45, 7) is 1.75. The Morgan fingerprint density at radius 1 is 1.29 bits per heavy atom. The summed E-state index contributed by atoms with van der Waals surface area (Å²) in [5.74, 6) is -1.11. The van der Waals surface area contributed by atoms with E-state index in [2.05, 4.69) is 14.7 Å². The maximum absolute atomic E-state index is 12.4. The van der Waals surface area contributed by atoms with Crippen LogP contribution in [-0.4, -0.2) is 25.7 Å². The molecule has 0 aliphatic heterocycles. The van der Waals surface area contributed by atoms with Gasteiger partial charge in [-0.3, -0.25) is 19.0 Å². The summed E-state index contributed by atoms with van der Waals surface area (Å²) in [5.41, 5.74) is 6.58. The average molecular weight is 343 g/mol. The Morgan fingerprint density at radius 2 is 2.00 bits per heavy atom. The van der Waals surface area contributed by atoms with Crippen LogP contribution in [0.3, 0.4) is 0 Å². The molecule has 2 amide bonds. The first-order chi connectivity index (χ1) is 11.5. The van der Waals surface area contributed by atoms with Crippen LogP contribution >= 0.6 is 11.5 Å². The predicted molar refractivity (Wildman–Crippen MR) is 90.0 cm³/mol. The van der Waals surface area contributed by atoms with Gasteiger partial charge in [0.2, 0.25) is 5.91 Å². The van der Waals surface area contributed by atoms with Crippen molar-refractivity contribution in [3.63, 3.8) is 0 Å². The molecule has 1 aromatic carbocycles. The van der Waals surface area contributed by atoms with E-state index >= 15 is 0 Å². The number of hydrogen-bond donors (Lipinski definition) is 2.